The second-order valence-electron chi connectivity index (χ2n) is 4.83. The highest BCUT2D eigenvalue weighted by Gasteiger charge is 2.21. The summed E-state index contributed by atoms with van der Waals surface area (Å²) in [6.45, 7) is 0.172. The van der Waals surface area contributed by atoms with E-state index in [1.165, 1.54) is 32.4 Å². The van der Waals surface area contributed by atoms with Gasteiger partial charge in [-0.15, -0.1) is 0 Å². The molecule has 0 spiro atoms. The molecule has 24 heavy (non-hydrogen) atoms. The smallest absolute Gasteiger partial charge is 0.337 e. The van der Waals surface area contributed by atoms with Crippen LogP contribution in [0.2, 0.25) is 0 Å². The zero-order chi connectivity index (χ0) is 17.6. The van der Waals surface area contributed by atoms with Gasteiger partial charge in [-0.1, -0.05) is 6.07 Å². The van der Waals surface area contributed by atoms with Crippen molar-refractivity contribution in [3.05, 3.63) is 53.9 Å². The number of rotatable bonds is 7. The number of hydrogen-bond donors (Lipinski definition) is 1. The maximum Gasteiger partial charge on any atom is 0.337 e. The molecule has 0 radical (unpaired) electrons. The minimum atomic E-state index is -3.85. The molecule has 2 aromatic rings. The van der Waals surface area contributed by atoms with E-state index in [2.05, 4.69) is 14.4 Å². The zero-order valence-corrected chi connectivity index (χ0v) is 14.2. The van der Waals surface area contributed by atoms with Crippen LogP contribution in [0, 0.1) is 0 Å². The van der Waals surface area contributed by atoms with Crippen LogP contribution in [0.25, 0.3) is 0 Å². The largest absolute Gasteiger partial charge is 0.495 e. The van der Waals surface area contributed by atoms with Crippen molar-refractivity contribution in [3.8, 4) is 5.75 Å². The topological polar surface area (TPSA) is 94.6 Å². The lowest BCUT2D eigenvalue weighted by Crippen LogP contribution is -2.27. The quantitative estimate of drug-likeness (QED) is 0.759. The molecular weight excluding hydrogens is 332 g/mol. The number of carbonyl (C=O) groups excluding carboxylic acids is 1. The average molecular weight is 350 g/mol. The van der Waals surface area contributed by atoms with Crippen molar-refractivity contribution in [2.24, 2.45) is 0 Å². The molecule has 2 rings (SSSR count). The molecule has 7 nitrogen and oxygen atoms in total. The summed E-state index contributed by atoms with van der Waals surface area (Å²) in [5.41, 5.74) is 0.902. The Hall–Kier alpha value is -2.45. The Labute approximate surface area is 140 Å². The van der Waals surface area contributed by atoms with E-state index in [1.807, 2.05) is 12.1 Å². The fourth-order valence-corrected chi connectivity index (χ4v) is 3.29. The lowest BCUT2D eigenvalue weighted by atomic mass is 10.2. The normalized spacial score (nSPS) is 11.1. The number of sulfonamides is 1. The van der Waals surface area contributed by atoms with Gasteiger partial charge in [0, 0.05) is 24.9 Å². The monoisotopic (exact) mass is 350 g/mol. The van der Waals surface area contributed by atoms with Crippen LogP contribution in [0.1, 0.15) is 16.1 Å². The highest BCUT2D eigenvalue weighted by Crippen LogP contribution is 2.25. The minimum Gasteiger partial charge on any atom is -0.495 e. The molecule has 0 fully saturated rings. The zero-order valence-electron chi connectivity index (χ0n) is 13.4. The predicted octanol–water partition coefficient (Wildman–Crippen LogP) is 1.40. The van der Waals surface area contributed by atoms with Crippen LogP contribution in [-0.2, 0) is 21.2 Å². The summed E-state index contributed by atoms with van der Waals surface area (Å²) in [6.07, 6.45) is 2.09. The molecule has 0 aliphatic rings. The molecule has 0 unspecified atom stereocenters. The summed E-state index contributed by atoms with van der Waals surface area (Å²) >= 11 is 0. The molecule has 1 heterocycles. The number of methoxy groups -OCH3 is 2. The van der Waals surface area contributed by atoms with E-state index in [-0.39, 0.29) is 22.8 Å². The standard InChI is InChI=1S/C16H18N2O5S/c1-22-14-7-6-12(16(19)23-2)11-15(14)24(20,21)18-10-8-13-5-3-4-9-17-13/h3-7,9,11,18H,8,10H2,1-2H3. The number of ether oxygens (including phenoxy) is 2. The first-order valence-electron chi connectivity index (χ1n) is 7.14. The van der Waals surface area contributed by atoms with Crippen molar-refractivity contribution in [2.45, 2.75) is 11.3 Å². The number of benzene rings is 1. The molecule has 0 atom stereocenters. The lowest BCUT2D eigenvalue weighted by molar-refractivity contribution is 0.0600. The molecule has 0 saturated heterocycles. The molecule has 0 bridgehead atoms. The SMILES string of the molecule is COC(=O)c1ccc(OC)c(S(=O)(=O)NCCc2ccccn2)c1. The van der Waals surface area contributed by atoms with Gasteiger partial charge in [-0.2, -0.15) is 0 Å². The molecular formula is C16H18N2O5S. The van der Waals surface area contributed by atoms with Gasteiger partial charge in [-0.3, -0.25) is 4.98 Å². The third-order valence-corrected chi connectivity index (χ3v) is 4.76. The number of nitrogens with one attached hydrogen (secondary N) is 1. The van der Waals surface area contributed by atoms with Crippen molar-refractivity contribution >= 4 is 16.0 Å². The maximum absolute atomic E-state index is 12.5. The number of hydrogen-bond acceptors (Lipinski definition) is 6. The van der Waals surface area contributed by atoms with Gasteiger partial charge in [-0.05, 0) is 30.3 Å². The highest BCUT2D eigenvalue weighted by atomic mass is 32.2. The van der Waals surface area contributed by atoms with Crippen molar-refractivity contribution in [2.75, 3.05) is 20.8 Å². The Morgan fingerprint density at radius 3 is 2.62 bits per heavy atom. The van der Waals surface area contributed by atoms with E-state index in [1.54, 1.807) is 12.3 Å². The second-order valence-corrected chi connectivity index (χ2v) is 6.56. The van der Waals surface area contributed by atoms with Gasteiger partial charge in [0.2, 0.25) is 10.0 Å². The second kappa shape index (κ2) is 7.89. The number of nitrogens with zero attached hydrogens (tertiary/aromatic N) is 1. The van der Waals surface area contributed by atoms with E-state index in [9.17, 15) is 13.2 Å². The maximum atomic E-state index is 12.5. The molecule has 1 aromatic heterocycles. The summed E-state index contributed by atoms with van der Waals surface area (Å²) in [6, 6.07) is 9.52. The van der Waals surface area contributed by atoms with Gasteiger partial charge in [0.05, 0.1) is 19.8 Å². The third kappa shape index (κ3) is 4.30. The molecule has 0 aliphatic heterocycles. The Kier molecular flexibility index (Phi) is 5.88. The van der Waals surface area contributed by atoms with Crippen LogP contribution in [0.15, 0.2) is 47.5 Å². The molecule has 128 valence electrons. The first-order chi connectivity index (χ1) is 11.5. The summed E-state index contributed by atoms with van der Waals surface area (Å²) in [7, 11) is -1.26. The Morgan fingerprint density at radius 2 is 2.00 bits per heavy atom. The highest BCUT2D eigenvalue weighted by molar-refractivity contribution is 7.89. The molecule has 0 amide bonds. The van der Waals surface area contributed by atoms with Crippen molar-refractivity contribution in [3.63, 3.8) is 0 Å². The third-order valence-electron chi connectivity index (χ3n) is 3.27. The Morgan fingerprint density at radius 1 is 1.21 bits per heavy atom. The van der Waals surface area contributed by atoms with E-state index in [0.717, 1.165) is 5.69 Å². The van der Waals surface area contributed by atoms with Crippen LogP contribution < -0.4 is 9.46 Å². The van der Waals surface area contributed by atoms with Crippen LogP contribution >= 0.6 is 0 Å². The molecule has 0 saturated carbocycles. The predicted molar refractivity (Wildman–Crippen MR) is 87.5 cm³/mol. The number of carbonyl (C=O) groups is 1. The fourth-order valence-electron chi connectivity index (χ4n) is 2.07. The molecule has 8 heteroatoms. The van der Waals surface area contributed by atoms with Crippen LogP contribution in [0.5, 0.6) is 5.75 Å². The van der Waals surface area contributed by atoms with Crippen LogP contribution in [0.4, 0.5) is 0 Å². The first-order valence-corrected chi connectivity index (χ1v) is 8.62. The van der Waals surface area contributed by atoms with Gasteiger partial charge in [0.25, 0.3) is 0 Å². The summed E-state index contributed by atoms with van der Waals surface area (Å²) in [5.74, 6) is -0.476. The van der Waals surface area contributed by atoms with Crippen LogP contribution in [-0.4, -0.2) is 40.1 Å². The van der Waals surface area contributed by atoms with Gasteiger partial charge in [-0.25, -0.2) is 17.9 Å². The van der Waals surface area contributed by atoms with E-state index in [0.29, 0.717) is 6.42 Å². The fraction of sp³-hybridized carbons (Fsp3) is 0.250. The summed E-state index contributed by atoms with van der Waals surface area (Å²) < 4.78 is 37.2. The number of aromatic nitrogens is 1. The van der Waals surface area contributed by atoms with E-state index < -0.39 is 16.0 Å². The van der Waals surface area contributed by atoms with Gasteiger partial charge in [0.1, 0.15) is 10.6 Å². The van der Waals surface area contributed by atoms with Gasteiger partial charge < -0.3 is 9.47 Å². The number of esters is 1. The van der Waals surface area contributed by atoms with E-state index >= 15 is 0 Å². The molecule has 0 aliphatic carbocycles. The van der Waals surface area contributed by atoms with Gasteiger partial charge in [0.15, 0.2) is 0 Å². The number of pyridine rings is 1. The van der Waals surface area contributed by atoms with Gasteiger partial charge >= 0.3 is 5.97 Å². The lowest BCUT2D eigenvalue weighted by Gasteiger charge is -2.12. The van der Waals surface area contributed by atoms with Crippen LogP contribution in [0.3, 0.4) is 0 Å². The Bertz CT molecular complexity index is 806. The molecule has 1 aromatic carbocycles. The van der Waals surface area contributed by atoms with Crippen molar-refractivity contribution in [1.82, 2.24) is 9.71 Å². The Balaban J connectivity index is 2.19. The summed E-state index contributed by atoms with van der Waals surface area (Å²) in [4.78, 5) is 15.6. The van der Waals surface area contributed by atoms with E-state index in [4.69, 9.17) is 4.74 Å². The summed E-state index contributed by atoms with van der Waals surface area (Å²) in [5, 5.41) is 0. The van der Waals surface area contributed by atoms with Crippen molar-refractivity contribution in [1.29, 1.82) is 0 Å². The first kappa shape index (κ1) is 17.9. The minimum absolute atomic E-state index is 0.117. The van der Waals surface area contributed by atoms with Crippen molar-refractivity contribution < 1.29 is 22.7 Å². The molecule has 1 N–H and O–H groups in total. The average Bonchev–Trinajstić information content (AvgIpc) is 2.61.